The van der Waals surface area contributed by atoms with Gasteiger partial charge in [0.25, 0.3) is 0 Å². The molecule has 0 heterocycles. The maximum atomic E-state index is 12.0. The second-order valence-corrected chi connectivity index (χ2v) is 5.27. The summed E-state index contributed by atoms with van der Waals surface area (Å²) in [5.74, 6) is -0.209. The predicted octanol–water partition coefficient (Wildman–Crippen LogP) is 3.77. The van der Waals surface area contributed by atoms with Gasteiger partial charge >= 0.3 is 0 Å². The molecule has 0 atom stereocenters. The van der Waals surface area contributed by atoms with Gasteiger partial charge in [-0.15, -0.1) is 0 Å². The van der Waals surface area contributed by atoms with E-state index < -0.39 is 0 Å². The van der Waals surface area contributed by atoms with Gasteiger partial charge in [0.15, 0.2) is 11.6 Å². The molecular formula is C16H10O2S. The van der Waals surface area contributed by atoms with Crippen LogP contribution in [-0.4, -0.2) is 11.6 Å². The normalized spacial score (nSPS) is 13.5. The van der Waals surface area contributed by atoms with Crippen LogP contribution in [0.4, 0.5) is 0 Å². The van der Waals surface area contributed by atoms with Crippen molar-refractivity contribution in [3.05, 3.63) is 71.8 Å². The largest absolute Gasteiger partial charge is 0.289 e. The van der Waals surface area contributed by atoms with Crippen LogP contribution in [0.2, 0.25) is 0 Å². The Morgan fingerprint density at radius 1 is 0.737 bits per heavy atom. The Morgan fingerprint density at radius 3 is 2.26 bits per heavy atom. The summed E-state index contributed by atoms with van der Waals surface area (Å²) in [7, 11) is 0. The van der Waals surface area contributed by atoms with Crippen LogP contribution in [-0.2, 0) is 0 Å². The van der Waals surface area contributed by atoms with E-state index >= 15 is 0 Å². The van der Waals surface area contributed by atoms with E-state index in [2.05, 4.69) is 0 Å². The molecule has 3 heteroatoms. The molecule has 0 radical (unpaired) electrons. The average molecular weight is 266 g/mol. The lowest BCUT2D eigenvalue weighted by Crippen LogP contribution is -2.12. The molecule has 0 aromatic heterocycles. The van der Waals surface area contributed by atoms with Gasteiger partial charge in [-0.3, -0.25) is 9.59 Å². The minimum atomic E-state index is -0.106. The predicted molar refractivity (Wildman–Crippen MR) is 74.8 cm³/mol. The summed E-state index contributed by atoms with van der Waals surface area (Å²) in [4.78, 5) is 25.6. The topological polar surface area (TPSA) is 34.1 Å². The van der Waals surface area contributed by atoms with E-state index in [1.54, 1.807) is 6.07 Å². The van der Waals surface area contributed by atoms with Gasteiger partial charge in [-0.25, -0.2) is 0 Å². The zero-order chi connectivity index (χ0) is 13.2. The second-order valence-electron chi connectivity index (χ2n) is 4.16. The minimum absolute atomic E-state index is 0.103. The first kappa shape index (κ1) is 11.9. The van der Waals surface area contributed by atoms with Crippen LogP contribution < -0.4 is 0 Å². The van der Waals surface area contributed by atoms with Crippen LogP contribution in [0.25, 0.3) is 0 Å². The van der Waals surface area contributed by atoms with Gasteiger partial charge in [-0.2, -0.15) is 0 Å². The number of allylic oxidation sites excluding steroid dienone is 2. The van der Waals surface area contributed by atoms with E-state index in [1.807, 2.05) is 42.5 Å². The number of carbonyl (C=O) groups excluding carboxylic acids is 2. The second kappa shape index (κ2) is 4.86. The first-order chi connectivity index (χ1) is 9.25. The lowest BCUT2D eigenvalue weighted by molar-refractivity contribution is 0.0992. The molecule has 0 aliphatic heterocycles. The van der Waals surface area contributed by atoms with Gasteiger partial charge in [-0.1, -0.05) is 42.1 Å². The standard InChI is InChI=1S/C16H10O2S/c17-13-9-10-14(18)16-12(13)7-4-8-15(16)19-11-5-2-1-3-6-11/h1-10H. The highest BCUT2D eigenvalue weighted by molar-refractivity contribution is 7.99. The van der Waals surface area contributed by atoms with Crippen molar-refractivity contribution in [3.63, 3.8) is 0 Å². The Bertz CT molecular complexity index is 687. The fourth-order valence-electron chi connectivity index (χ4n) is 2.02. The Morgan fingerprint density at radius 2 is 1.47 bits per heavy atom. The number of rotatable bonds is 2. The maximum absolute atomic E-state index is 12.0. The Balaban J connectivity index is 2.07. The van der Waals surface area contributed by atoms with Crippen LogP contribution in [0, 0.1) is 0 Å². The van der Waals surface area contributed by atoms with E-state index in [0.717, 1.165) is 9.79 Å². The van der Waals surface area contributed by atoms with Gasteiger partial charge in [0.2, 0.25) is 0 Å². The quantitative estimate of drug-likeness (QED) is 0.829. The van der Waals surface area contributed by atoms with E-state index in [1.165, 1.54) is 23.9 Å². The third-order valence-electron chi connectivity index (χ3n) is 2.90. The minimum Gasteiger partial charge on any atom is -0.289 e. The lowest BCUT2D eigenvalue weighted by Gasteiger charge is -2.13. The molecule has 2 aromatic carbocycles. The molecule has 92 valence electrons. The molecule has 0 fully saturated rings. The first-order valence-electron chi connectivity index (χ1n) is 5.88. The number of carbonyl (C=O) groups is 2. The molecule has 2 aromatic rings. The summed E-state index contributed by atoms with van der Waals surface area (Å²) in [5.41, 5.74) is 1.01. The summed E-state index contributed by atoms with van der Waals surface area (Å²) in [6.45, 7) is 0. The molecule has 3 rings (SSSR count). The molecule has 0 saturated heterocycles. The molecule has 0 N–H and O–H groups in total. The number of fused-ring (bicyclic) bond motifs is 1. The number of ketones is 2. The summed E-state index contributed by atoms with van der Waals surface area (Å²) in [6, 6.07) is 15.2. The molecule has 0 unspecified atom stereocenters. The molecule has 1 aliphatic rings. The SMILES string of the molecule is O=C1C=CC(=O)c2c(Sc3ccccc3)cccc21. The van der Waals surface area contributed by atoms with Crippen molar-refractivity contribution < 1.29 is 9.59 Å². The summed E-state index contributed by atoms with van der Waals surface area (Å²) in [6.07, 6.45) is 2.68. The fourth-order valence-corrected chi connectivity index (χ4v) is 3.02. The van der Waals surface area contributed by atoms with Crippen LogP contribution in [0.15, 0.2) is 70.5 Å². The molecule has 0 bridgehead atoms. The molecular weight excluding hydrogens is 256 g/mol. The highest BCUT2D eigenvalue weighted by atomic mass is 32.2. The van der Waals surface area contributed by atoms with Crippen molar-refractivity contribution in [1.82, 2.24) is 0 Å². The van der Waals surface area contributed by atoms with E-state index in [-0.39, 0.29) is 11.6 Å². The van der Waals surface area contributed by atoms with Gasteiger partial charge in [0, 0.05) is 20.9 Å². The zero-order valence-electron chi connectivity index (χ0n) is 10.00. The smallest absolute Gasteiger partial charge is 0.187 e. The Kier molecular flexibility index (Phi) is 3.05. The third-order valence-corrected chi connectivity index (χ3v) is 3.96. The monoisotopic (exact) mass is 266 g/mol. The highest BCUT2D eigenvalue weighted by Crippen LogP contribution is 2.33. The first-order valence-corrected chi connectivity index (χ1v) is 6.70. The summed E-state index contributed by atoms with van der Waals surface area (Å²) in [5, 5.41) is 0. The van der Waals surface area contributed by atoms with Crippen molar-refractivity contribution in [1.29, 1.82) is 0 Å². The van der Waals surface area contributed by atoms with Gasteiger partial charge < -0.3 is 0 Å². The summed E-state index contributed by atoms with van der Waals surface area (Å²) >= 11 is 1.50. The van der Waals surface area contributed by atoms with Crippen molar-refractivity contribution in [3.8, 4) is 0 Å². The van der Waals surface area contributed by atoms with Gasteiger partial charge in [-0.05, 0) is 30.4 Å². The maximum Gasteiger partial charge on any atom is 0.187 e. The van der Waals surface area contributed by atoms with Crippen LogP contribution in [0.1, 0.15) is 20.7 Å². The Hall–Kier alpha value is -2.13. The lowest BCUT2D eigenvalue weighted by atomic mass is 9.95. The van der Waals surface area contributed by atoms with Gasteiger partial charge in [0.05, 0.1) is 0 Å². The van der Waals surface area contributed by atoms with E-state index in [0.29, 0.717) is 11.1 Å². The van der Waals surface area contributed by atoms with Crippen LogP contribution in [0.5, 0.6) is 0 Å². The van der Waals surface area contributed by atoms with E-state index in [9.17, 15) is 9.59 Å². The fraction of sp³-hybridized carbons (Fsp3) is 0. The molecule has 2 nitrogen and oxygen atoms in total. The molecule has 19 heavy (non-hydrogen) atoms. The molecule has 1 aliphatic carbocycles. The third kappa shape index (κ3) is 2.25. The average Bonchev–Trinajstić information content (AvgIpc) is 2.44. The zero-order valence-corrected chi connectivity index (χ0v) is 10.8. The van der Waals surface area contributed by atoms with E-state index in [4.69, 9.17) is 0 Å². The van der Waals surface area contributed by atoms with Crippen LogP contribution in [0.3, 0.4) is 0 Å². The van der Waals surface area contributed by atoms with Crippen molar-refractivity contribution in [2.75, 3.05) is 0 Å². The molecule has 0 amide bonds. The highest BCUT2D eigenvalue weighted by Gasteiger charge is 2.22. The molecule has 0 spiro atoms. The van der Waals surface area contributed by atoms with Gasteiger partial charge in [0.1, 0.15) is 0 Å². The summed E-state index contributed by atoms with van der Waals surface area (Å²) < 4.78 is 0. The molecule has 0 saturated carbocycles. The Labute approximate surface area is 115 Å². The number of hydrogen-bond acceptors (Lipinski definition) is 3. The number of benzene rings is 2. The van der Waals surface area contributed by atoms with Crippen LogP contribution >= 0.6 is 11.8 Å². The van der Waals surface area contributed by atoms with Crippen molar-refractivity contribution >= 4 is 23.3 Å². The van der Waals surface area contributed by atoms with Crippen molar-refractivity contribution in [2.45, 2.75) is 9.79 Å². The van der Waals surface area contributed by atoms with Crippen molar-refractivity contribution in [2.24, 2.45) is 0 Å². The number of hydrogen-bond donors (Lipinski definition) is 0.